The van der Waals surface area contributed by atoms with Crippen LogP contribution in [0.2, 0.25) is 0 Å². The van der Waals surface area contributed by atoms with Gasteiger partial charge in [-0.3, -0.25) is 0 Å². The summed E-state index contributed by atoms with van der Waals surface area (Å²) in [5.41, 5.74) is 7.40. The number of hydrogen-bond donors (Lipinski definition) is 2. The van der Waals surface area contributed by atoms with Crippen molar-refractivity contribution in [3.05, 3.63) is 28.2 Å². The van der Waals surface area contributed by atoms with Gasteiger partial charge in [-0.1, -0.05) is 28.9 Å². The van der Waals surface area contributed by atoms with Crippen molar-refractivity contribution in [3.8, 4) is 5.75 Å². The molecule has 2 aliphatic heterocycles. The molecule has 1 aromatic carbocycles. The highest BCUT2D eigenvalue weighted by Crippen LogP contribution is 2.45. The van der Waals surface area contributed by atoms with E-state index >= 15 is 0 Å². The van der Waals surface area contributed by atoms with E-state index in [-0.39, 0.29) is 11.6 Å². The van der Waals surface area contributed by atoms with E-state index in [2.05, 4.69) is 34.2 Å². The fourth-order valence-electron chi connectivity index (χ4n) is 3.15. The van der Waals surface area contributed by atoms with Crippen LogP contribution in [0.25, 0.3) is 0 Å². The monoisotopic (exact) mass is 310 g/mol. The number of ether oxygens (including phenoxy) is 1. The van der Waals surface area contributed by atoms with Crippen molar-refractivity contribution in [3.63, 3.8) is 0 Å². The van der Waals surface area contributed by atoms with E-state index in [1.807, 2.05) is 12.1 Å². The Labute approximate surface area is 116 Å². The van der Waals surface area contributed by atoms with Crippen LogP contribution in [0, 0.1) is 5.92 Å². The van der Waals surface area contributed by atoms with Gasteiger partial charge in [0, 0.05) is 35.0 Å². The average molecular weight is 311 g/mol. The number of fused-ring (bicyclic) bond motifs is 1. The topological polar surface area (TPSA) is 47.3 Å². The minimum Gasteiger partial charge on any atom is -0.486 e. The van der Waals surface area contributed by atoms with Crippen molar-refractivity contribution in [2.24, 2.45) is 11.7 Å². The number of piperidine rings is 1. The van der Waals surface area contributed by atoms with Crippen LogP contribution in [0.5, 0.6) is 5.75 Å². The van der Waals surface area contributed by atoms with Gasteiger partial charge in [-0.2, -0.15) is 0 Å². The van der Waals surface area contributed by atoms with Crippen molar-refractivity contribution in [2.75, 3.05) is 13.1 Å². The first-order valence-electron chi connectivity index (χ1n) is 6.55. The van der Waals surface area contributed by atoms with E-state index < -0.39 is 0 Å². The Bertz CT molecular complexity index is 465. The predicted molar refractivity (Wildman–Crippen MR) is 75.7 cm³/mol. The van der Waals surface area contributed by atoms with Gasteiger partial charge in [0.1, 0.15) is 11.4 Å². The number of nitrogens with one attached hydrogen (secondary N) is 1. The summed E-state index contributed by atoms with van der Waals surface area (Å²) in [4.78, 5) is 0. The molecule has 2 unspecified atom stereocenters. The minimum absolute atomic E-state index is 0.0849. The van der Waals surface area contributed by atoms with Gasteiger partial charge in [-0.15, -0.1) is 0 Å². The zero-order valence-corrected chi connectivity index (χ0v) is 12.2. The second-order valence-corrected chi connectivity index (χ2v) is 6.43. The Balaban J connectivity index is 1.99. The minimum atomic E-state index is -0.0849. The molecule has 3 N–H and O–H groups in total. The molecule has 0 radical (unpaired) electrons. The molecule has 4 heteroatoms. The van der Waals surface area contributed by atoms with E-state index in [4.69, 9.17) is 10.5 Å². The molecule has 1 spiro atoms. The summed E-state index contributed by atoms with van der Waals surface area (Å²) in [6.45, 7) is 4.28. The first kappa shape index (κ1) is 12.5. The Morgan fingerprint density at radius 2 is 2.33 bits per heavy atom. The molecule has 1 aromatic rings. The summed E-state index contributed by atoms with van der Waals surface area (Å²) in [5.74, 6) is 1.45. The molecule has 0 aromatic heterocycles. The van der Waals surface area contributed by atoms with E-state index in [9.17, 15) is 0 Å². The van der Waals surface area contributed by atoms with Crippen LogP contribution in [0.15, 0.2) is 22.7 Å². The molecular weight excluding hydrogens is 292 g/mol. The molecule has 3 nitrogen and oxygen atoms in total. The Kier molecular flexibility index (Phi) is 3.12. The normalized spacial score (nSPS) is 35.1. The fraction of sp³-hybridized carbons (Fsp3) is 0.571. The summed E-state index contributed by atoms with van der Waals surface area (Å²) < 4.78 is 7.42. The van der Waals surface area contributed by atoms with E-state index in [1.54, 1.807) is 0 Å². The van der Waals surface area contributed by atoms with Gasteiger partial charge >= 0.3 is 0 Å². The highest BCUT2D eigenvalue weighted by atomic mass is 79.9. The third-order valence-corrected chi connectivity index (χ3v) is 4.82. The largest absolute Gasteiger partial charge is 0.486 e. The number of nitrogens with two attached hydrogens (primary N) is 1. The smallest absolute Gasteiger partial charge is 0.126 e. The standard InChI is InChI=1S/C14H19BrN2O/c1-9-8-17-5-4-14(9)7-12(16)11-3-2-10(15)6-13(11)18-14/h2-3,6,9,12,17H,4-5,7-8,16H2,1H3/t9?,12-,14?/m1/s1. The molecule has 3 atom stereocenters. The summed E-state index contributed by atoms with van der Waals surface area (Å²) in [5, 5.41) is 3.43. The van der Waals surface area contributed by atoms with Crippen LogP contribution in [0.1, 0.15) is 31.4 Å². The molecule has 0 amide bonds. The number of benzene rings is 1. The predicted octanol–water partition coefficient (Wildman–Crippen LogP) is 2.60. The maximum Gasteiger partial charge on any atom is 0.126 e. The summed E-state index contributed by atoms with van der Waals surface area (Å²) in [6, 6.07) is 6.24. The molecule has 1 fully saturated rings. The van der Waals surface area contributed by atoms with Gasteiger partial charge in [0.2, 0.25) is 0 Å². The van der Waals surface area contributed by atoms with E-state index in [0.29, 0.717) is 5.92 Å². The molecule has 18 heavy (non-hydrogen) atoms. The van der Waals surface area contributed by atoms with Gasteiger partial charge in [0.05, 0.1) is 0 Å². The number of rotatable bonds is 0. The highest BCUT2D eigenvalue weighted by molar-refractivity contribution is 9.10. The molecule has 98 valence electrons. The quantitative estimate of drug-likeness (QED) is 0.774. The molecule has 2 aliphatic rings. The summed E-state index contributed by atoms with van der Waals surface area (Å²) >= 11 is 3.50. The van der Waals surface area contributed by atoms with Crippen molar-refractivity contribution in [1.82, 2.24) is 5.32 Å². The Hall–Kier alpha value is -0.580. The Morgan fingerprint density at radius 1 is 1.50 bits per heavy atom. The lowest BCUT2D eigenvalue weighted by Crippen LogP contribution is -2.55. The molecular formula is C14H19BrN2O. The van der Waals surface area contributed by atoms with Crippen LogP contribution in [0.4, 0.5) is 0 Å². The van der Waals surface area contributed by atoms with Gasteiger partial charge in [0.15, 0.2) is 0 Å². The molecule has 0 bridgehead atoms. The first-order valence-corrected chi connectivity index (χ1v) is 7.35. The maximum absolute atomic E-state index is 6.37. The lowest BCUT2D eigenvalue weighted by atomic mass is 9.75. The summed E-state index contributed by atoms with van der Waals surface area (Å²) in [7, 11) is 0. The lowest BCUT2D eigenvalue weighted by Gasteiger charge is -2.47. The second kappa shape index (κ2) is 4.51. The van der Waals surface area contributed by atoms with Crippen molar-refractivity contribution < 1.29 is 4.74 Å². The highest BCUT2D eigenvalue weighted by Gasteiger charge is 2.45. The van der Waals surface area contributed by atoms with Crippen LogP contribution < -0.4 is 15.8 Å². The lowest BCUT2D eigenvalue weighted by molar-refractivity contribution is -0.0335. The molecule has 3 rings (SSSR count). The Morgan fingerprint density at radius 3 is 3.11 bits per heavy atom. The van der Waals surface area contributed by atoms with Gasteiger partial charge in [-0.25, -0.2) is 0 Å². The first-order chi connectivity index (χ1) is 8.61. The van der Waals surface area contributed by atoms with Gasteiger partial charge in [0.25, 0.3) is 0 Å². The fourth-order valence-corrected chi connectivity index (χ4v) is 3.49. The van der Waals surface area contributed by atoms with Gasteiger partial charge in [-0.05, 0) is 25.1 Å². The molecule has 0 saturated carbocycles. The maximum atomic E-state index is 6.37. The van der Waals surface area contributed by atoms with Crippen LogP contribution >= 0.6 is 15.9 Å². The average Bonchev–Trinajstić information content (AvgIpc) is 2.32. The summed E-state index contributed by atoms with van der Waals surface area (Å²) in [6.07, 6.45) is 1.96. The van der Waals surface area contributed by atoms with E-state index in [1.165, 1.54) is 0 Å². The third-order valence-electron chi connectivity index (χ3n) is 4.33. The van der Waals surface area contributed by atoms with Crippen LogP contribution in [-0.2, 0) is 0 Å². The third kappa shape index (κ3) is 1.96. The van der Waals surface area contributed by atoms with Crippen molar-refractivity contribution >= 4 is 15.9 Å². The molecule has 0 aliphatic carbocycles. The SMILES string of the molecule is CC1CNCCC12C[C@@H](N)c1ccc(Br)cc1O2. The van der Waals surface area contributed by atoms with E-state index in [0.717, 1.165) is 41.7 Å². The molecule has 2 heterocycles. The zero-order chi connectivity index (χ0) is 12.8. The van der Waals surface area contributed by atoms with Crippen molar-refractivity contribution in [2.45, 2.75) is 31.4 Å². The zero-order valence-electron chi connectivity index (χ0n) is 10.6. The van der Waals surface area contributed by atoms with Gasteiger partial charge < -0.3 is 15.8 Å². The van der Waals surface area contributed by atoms with Crippen LogP contribution in [0.3, 0.4) is 0 Å². The van der Waals surface area contributed by atoms with Crippen molar-refractivity contribution in [1.29, 1.82) is 0 Å². The second-order valence-electron chi connectivity index (χ2n) is 5.51. The number of halogens is 1. The number of hydrogen-bond acceptors (Lipinski definition) is 3. The van der Waals surface area contributed by atoms with Crippen LogP contribution in [-0.4, -0.2) is 18.7 Å². The molecule has 1 saturated heterocycles.